The number of pyridine rings is 1. The second-order valence-electron chi connectivity index (χ2n) is 6.81. The molecule has 1 N–H and O–H groups in total. The van der Waals surface area contributed by atoms with Crippen LogP contribution in [0.3, 0.4) is 0 Å². The third-order valence-corrected chi connectivity index (χ3v) is 3.78. The number of amides is 1. The minimum atomic E-state index is -0.503. The molecule has 1 saturated heterocycles. The first-order valence-corrected chi connectivity index (χ1v) is 8.06. The Morgan fingerprint density at radius 1 is 1.38 bits per heavy atom. The molecule has 1 fully saturated rings. The highest BCUT2D eigenvalue weighted by Gasteiger charge is 2.25. The van der Waals surface area contributed by atoms with Crippen LogP contribution < -0.4 is 15.0 Å². The molecule has 0 radical (unpaired) electrons. The molecular weight excluding hydrogens is 310 g/mol. The van der Waals surface area contributed by atoms with Crippen molar-refractivity contribution < 1.29 is 19.1 Å². The number of alkyl carbamates (subject to hydrolysis) is 1. The minimum absolute atomic E-state index is 0.0690. The Bertz CT molecular complexity index is 590. The highest BCUT2D eigenvalue weighted by Crippen LogP contribution is 2.26. The topological polar surface area (TPSA) is 80.8 Å². The van der Waals surface area contributed by atoms with Crippen molar-refractivity contribution in [3.8, 4) is 5.88 Å². The Balaban J connectivity index is 1.95. The van der Waals surface area contributed by atoms with Gasteiger partial charge in [0.05, 0.1) is 18.4 Å². The van der Waals surface area contributed by atoms with E-state index in [9.17, 15) is 9.59 Å². The quantitative estimate of drug-likeness (QED) is 0.851. The predicted molar refractivity (Wildman–Crippen MR) is 90.8 cm³/mol. The summed E-state index contributed by atoms with van der Waals surface area (Å²) in [7, 11) is 1.55. The number of hydrogen-bond donors (Lipinski definition) is 1. The van der Waals surface area contributed by atoms with Gasteiger partial charge in [-0.1, -0.05) is 0 Å². The maximum atomic E-state index is 11.8. The van der Waals surface area contributed by atoms with Gasteiger partial charge >= 0.3 is 6.09 Å². The Kier molecular flexibility index (Phi) is 5.64. The lowest BCUT2D eigenvalue weighted by atomic mass is 10.0. The van der Waals surface area contributed by atoms with Crippen molar-refractivity contribution in [3.05, 3.63) is 17.8 Å². The fourth-order valence-electron chi connectivity index (χ4n) is 2.65. The Labute approximate surface area is 142 Å². The lowest BCUT2D eigenvalue weighted by molar-refractivity contribution is 0.0497. The number of hydrogen-bond acceptors (Lipinski definition) is 6. The molecule has 0 aliphatic carbocycles. The molecule has 0 atom stereocenters. The van der Waals surface area contributed by atoms with Crippen LogP contribution in [0.4, 0.5) is 10.5 Å². The van der Waals surface area contributed by atoms with Crippen LogP contribution in [0.5, 0.6) is 5.88 Å². The minimum Gasteiger partial charge on any atom is -0.481 e. The molecule has 0 aromatic carbocycles. The van der Waals surface area contributed by atoms with Crippen LogP contribution in [-0.4, -0.2) is 49.2 Å². The third kappa shape index (κ3) is 4.84. The summed E-state index contributed by atoms with van der Waals surface area (Å²) in [5.41, 5.74) is 0.846. The van der Waals surface area contributed by atoms with Gasteiger partial charge in [-0.3, -0.25) is 4.79 Å². The van der Waals surface area contributed by atoms with Crippen LogP contribution in [0.1, 0.15) is 44.0 Å². The lowest BCUT2D eigenvalue weighted by Crippen LogP contribution is -2.46. The van der Waals surface area contributed by atoms with Gasteiger partial charge in [0.25, 0.3) is 0 Å². The van der Waals surface area contributed by atoms with E-state index < -0.39 is 5.60 Å². The number of ether oxygens (including phenoxy) is 2. The van der Waals surface area contributed by atoms with Gasteiger partial charge in [0, 0.05) is 31.4 Å². The number of rotatable bonds is 4. The number of carbonyl (C=O) groups excluding carboxylic acids is 2. The molecule has 1 aromatic heterocycles. The summed E-state index contributed by atoms with van der Waals surface area (Å²) in [4.78, 5) is 29.2. The van der Waals surface area contributed by atoms with Gasteiger partial charge in [0.1, 0.15) is 5.60 Å². The van der Waals surface area contributed by atoms with Gasteiger partial charge < -0.3 is 19.7 Å². The van der Waals surface area contributed by atoms with Crippen LogP contribution in [0.25, 0.3) is 0 Å². The number of nitrogens with zero attached hydrogens (tertiary/aromatic N) is 2. The fourth-order valence-corrected chi connectivity index (χ4v) is 2.65. The molecule has 7 heteroatoms. The highest BCUT2D eigenvalue weighted by molar-refractivity contribution is 5.84. The van der Waals surface area contributed by atoms with Gasteiger partial charge in [0.15, 0.2) is 6.29 Å². The van der Waals surface area contributed by atoms with Crippen molar-refractivity contribution in [2.45, 2.75) is 45.3 Å². The monoisotopic (exact) mass is 335 g/mol. The maximum Gasteiger partial charge on any atom is 0.407 e. The molecule has 1 amide bonds. The molecule has 0 saturated carbocycles. The van der Waals surface area contributed by atoms with Crippen molar-refractivity contribution in [2.24, 2.45) is 0 Å². The molecule has 1 aromatic rings. The molecule has 7 nitrogen and oxygen atoms in total. The number of nitrogens with one attached hydrogen (secondary N) is 1. The van der Waals surface area contributed by atoms with Crippen molar-refractivity contribution in [1.82, 2.24) is 10.3 Å². The number of piperidine rings is 1. The molecule has 1 aliphatic heterocycles. The van der Waals surface area contributed by atoms with Crippen LogP contribution in [0.15, 0.2) is 12.3 Å². The van der Waals surface area contributed by atoms with Gasteiger partial charge in [-0.15, -0.1) is 0 Å². The van der Waals surface area contributed by atoms with Crippen LogP contribution in [0, 0.1) is 0 Å². The molecule has 24 heavy (non-hydrogen) atoms. The standard InChI is InChI=1S/C17H25N3O4/c1-17(2,3)24-16(22)19-13-5-7-20(8-6-13)14-9-15(23-4)18-10-12(14)11-21/h9-11,13H,5-8H2,1-4H3,(H,19,22). The Morgan fingerprint density at radius 2 is 2.04 bits per heavy atom. The number of carbonyl (C=O) groups is 2. The average molecular weight is 335 g/mol. The largest absolute Gasteiger partial charge is 0.481 e. The Morgan fingerprint density at radius 3 is 2.58 bits per heavy atom. The smallest absolute Gasteiger partial charge is 0.407 e. The first kappa shape index (κ1) is 18.0. The van der Waals surface area contributed by atoms with E-state index in [-0.39, 0.29) is 12.1 Å². The van der Waals surface area contributed by atoms with E-state index in [1.165, 1.54) is 6.20 Å². The molecule has 2 heterocycles. The zero-order valence-electron chi connectivity index (χ0n) is 14.7. The molecule has 0 unspecified atom stereocenters. The normalized spacial score (nSPS) is 15.8. The van der Waals surface area contributed by atoms with E-state index in [1.807, 2.05) is 20.8 Å². The third-order valence-electron chi connectivity index (χ3n) is 3.78. The van der Waals surface area contributed by atoms with E-state index in [4.69, 9.17) is 9.47 Å². The van der Waals surface area contributed by atoms with E-state index in [0.717, 1.165) is 37.9 Å². The van der Waals surface area contributed by atoms with Crippen molar-refractivity contribution >= 4 is 18.1 Å². The van der Waals surface area contributed by atoms with Crippen LogP contribution >= 0.6 is 0 Å². The summed E-state index contributed by atoms with van der Waals surface area (Å²) in [5.74, 6) is 0.476. The Hall–Kier alpha value is -2.31. The van der Waals surface area contributed by atoms with E-state index in [1.54, 1.807) is 13.2 Å². The summed E-state index contributed by atoms with van der Waals surface area (Å²) >= 11 is 0. The zero-order valence-corrected chi connectivity index (χ0v) is 14.7. The van der Waals surface area contributed by atoms with Crippen molar-refractivity contribution in [2.75, 3.05) is 25.1 Å². The first-order valence-electron chi connectivity index (χ1n) is 8.06. The number of aldehydes is 1. The summed E-state index contributed by atoms with van der Waals surface area (Å²) in [6, 6.07) is 1.84. The van der Waals surface area contributed by atoms with E-state index in [2.05, 4.69) is 15.2 Å². The number of aromatic nitrogens is 1. The zero-order chi connectivity index (χ0) is 17.7. The summed E-state index contributed by atoms with van der Waals surface area (Å²) in [5, 5.41) is 2.90. The molecule has 132 valence electrons. The van der Waals surface area contributed by atoms with Gasteiger partial charge in [-0.2, -0.15) is 0 Å². The SMILES string of the molecule is COc1cc(N2CCC(NC(=O)OC(C)(C)C)CC2)c(C=O)cn1. The summed E-state index contributed by atoms with van der Waals surface area (Å²) in [6.07, 6.45) is 3.49. The molecular formula is C17H25N3O4. The summed E-state index contributed by atoms with van der Waals surface area (Å²) in [6.45, 7) is 6.98. The number of anilines is 1. The maximum absolute atomic E-state index is 11.8. The van der Waals surface area contributed by atoms with E-state index >= 15 is 0 Å². The second-order valence-corrected chi connectivity index (χ2v) is 6.81. The van der Waals surface area contributed by atoms with Crippen molar-refractivity contribution in [3.63, 3.8) is 0 Å². The van der Waals surface area contributed by atoms with Crippen LogP contribution in [0.2, 0.25) is 0 Å². The molecule has 0 spiro atoms. The number of methoxy groups -OCH3 is 1. The predicted octanol–water partition coefficient (Wildman–Crippen LogP) is 2.40. The van der Waals surface area contributed by atoms with Gasteiger partial charge in [0.2, 0.25) is 5.88 Å². The van der Waals surface area contributed by atoms with Crippen molar-refractivity contribution in [1.29, 1.82) is 0 Å². The van der Waals surface area contributed by atoms with Gasteiger partial charge in [-0.05, 0) is 33.6 Å². The first-order chi connectivity index (χ1) is 11.3. The molecule has 2 rings (SSSR count). The fraction of sp³-hybridized carbons (Fsp3) is 0.588. The highest BCUT2D eigenvalue weighted by atomic mass is 16.6. The average Bonchev–Trinajstić information content (AvgIpc) is 2.53. The second kappa shape index (κ2) is 7.51. The van der Waals surface area contributed by atoms with Crippen LogP contribution in [-0.2, 0) is 4.74 Å². The molecule has 0 bridgehead atoms. The van der Waals surface area contributed by atoms with Gasteiger partial charge in [-0.25, -0.2) is 9.78 Å². The summed E-state index contributed by atoms with van der Waals surface area (Å²) < 4.78 is 10.4. The van der Waals surface area contributed by atoms with E-state index in [0.29, 0.717) is 11.4 Å². The lowest BCUT2D eigenvalue weighted by Gasteiger charge is -2.34. The molecule has 1 aliphatic rings.